The summed E-state index contributed by atoms with van der Waals surface area (Å²) in [5.41, 5.74) is 4.01. The third-order valence-corrected chi connectivity index (χ3v) is 3.89. The normalized spacial score (nSPS) is 18.5. The highest BCUT2D eigenvalue weighted by Gasteiger charge is 2.23. The summed E-state index contributed by atoms with van der Waals surface area (Å²) in [5, 5.41) is 14.1. The van der Waals surface area contributed by atoms with Crippen LogP contribution in [0.25, 0.3) is 11.3 Å². The molecule has 0 bridgehead atoms. The lowest BCUT2D eigenvalue weighted by Gasteiger charge is -2.16. The molecule has 1 aliphatic heterocycles. The molecule has 1 saturated heterocycles. The van der Waals surface area contributed by atoms with Crippen molar-refractivity contribution in [3.8, 4) is 11.3 Å². The molecule has 2 aromatic heterocycles. The standard InChI is InChI=1S/C15H21N5O/c1-4-20-14(7-10(2)18-20)13-8-16-15(17-11(13)3)19-6-5-12(21)9-19/h7-8,12,21H,4-6,9H2,1-3H3/t12-/m1/s1. The Kier molecular flexibility index (Phi) is 3.63. The Balaban J connectivity index is 1.94. The van der Waals surface area contributed by atoms with E-state index in [0.717, 1.165) is 42.2 Å². The fourth-order valence-corrected chi connectivity index (χ4v) is 2.79. The molecule has 0 unspecified atom stereocenters. The number of aryl methyl sites for hydroxylation is 3. The van der Waals surface area contributed by atoms with Gasteiger partial charge in [0.2, 0.25) is 5.95 Å². The van der Waals surface area contributed by atoms with Crippen LogP contribution in [0.5, 0.6) is 0 Å². The van der Waals surface area contributed by atoms with E-state index < -0.39 is 0 Å². The first kappa shape index (κ1) is 14.0. The van der Waals surface area contributed by atoms with Gasteiger partial charge >= 0.3 is 0 Å². The Hall–Kier alpha value is -1.95. The zero-order chi connectivity index (χ0) is 15.0. The van der Waals surface area contributed by atoms with Gasteiger partial charge in [-0.25, -0.2) is 9.97 Å². The Morgan fingerprint density at radius 3 is 2.81 bits per heavy atom. The molecular weight excluding hydrogens is 266 g/mol. The van der Waals surface area contributed by atoms with Crippen molar-refractivity contribution in [1.29, 1.82) is 0 Å². The van der Waals surface area contributed by atoms with Gasteiger partial charge in [0.15, 0.2) is 0 Å². The summed E-state index contributed by atoms with van der Waals surface area (Å²) >= 11 is 0. The van der Waals surface area contributed by atoms with Gasteiger partial charge in [0, 0.05) is 31.4 Å². The van der Waals surface area contributed by atoms with E-state index in [9.17, 15) is 5.11 Å². The number of aliphatic hydroxyl groups excluding tert-OH is 1. The molecule has 1 atom stereocenters. The summed E-state index contributed by atoms with van der Waals surface area (Å²) in [5.74, 6) is 0.701. The van der Waals surface area contributed by atoms with Crippen molar-refractivity contribution in [1.82, 2.24) is 19.7 Å². The second kappa shape index (κ2) is 5.44. The summed E-state index contributed by atoms with van der Waals surface area (Å²) in [6.45, 7) is 8.31. The van der Waals surface area contributed by atoms with Crippen LogP contribution in [-0.4, -0.2) is 44.0 Å². The van der Waals surface area contributed by atoms with Gasteiger partial charge in [0.05, 0.1) is 23.2 Å². The van der Waals surface area contributed by atoms with Crippen LogP contribution in [0.4, 0.5) is 5.95 Å². The SMILES string of the molecule is CCn1nc(C)cc1-c1cnc(N2CC[C@@H](O)C2)nc1C. The largest absolute Gasteiger partial charge is 0.391 e. The van der Waals surface area contributed by atoms with E-state index in [-0.39, 0.29) is 6.10 Å². The van der Waals surface area contributed by atoms with Gasteiger partial charge in [-0.05, 0) is 33.3 Å². The van der Waals surface area contributed by atoms with Crippen molar-refractivity contribution < 1.29 is 5.11 Å². The smallest absolute Gasteiger partial charge is 0.225 e. The van der Waals surface area contributed by atoms with Crippen molar-refractivity contribution in [3.05, 3.63) is 23.7 Å². The minimum atomic E-state index is -0.266. The van der Waals surface area contributed by atoms with Crippen LogP contribution >= 0.6 is 0 Å². The van der Waals surface area contributed by atoms with Crippen LogP contribution in [0.15, 0.2) is 12.3 Å². The molecule has 0 aromatic carbocycles. The highest BCUT2D eigenvalue weighted by atomic mass is 16.3. The van der Waals surface area contributed by atoms with Crippen molar-refractivity contribution in [3.63, 3.8) is 0 Å². The van der Waals surface area contributed by atoms with E-state index in [1.54, 1.807) is 0 Å². The lowest BCUT2D eigenvalue weighted by Crippen LogP contribution is -2.23. The zero-order valence-electron chi connectivity index (χ0n) is 12.7. The highest BCUT2D eigenvalue weighted by Crippen LogP contribution is 2.25. The van der Waals surface area contributed by atoms with Crippen molar-refractivity contribution in [2.24, 2.45) is 0 Å². The molecule has 1 N–H and O–H groups in total. The summed E-state index contributed by atoms with van der Waals surface area (Å²) in [7, 11) is 0. The van der Waals surface area contributed by atoms with E-state index in [1.165, 1.54) is 0 Å². The molecule has 0 spiro atoms. The molecule has 1 aliphatic rings. The molecule has 6 heteroatoms. The van der Waals surface area contributed by atoms with E-state index in [0.29, 0.717) is 12.5 Å². The maximum atomic E-state index is 9.63. The van der Waals surface area contributed by atoms with Crippen LogP contribution < -0.4 is 4.90 Å². The van der Waals surface area contributed by atoms with E-state index in [4.69, 9.17) is 0 Å². The van der Waals surface area contributed by atoms with Crippen LogP contribution in [0.3, 0.4) is 0 Å². The maximum Gasteiger partial charge on any atom is 0.225 e. The van der Waals surface area contributed by atoms with E-state index >= 15 is 0 Å². The first-order chi connectivity index (χ1) is 10.1. The van der Waals surface area contributed by atoms with Crippen molar-refractivity contribution >= 4 is 5.95 Å². The van der Waals surface area contributed by atoms with Gasteiger partial charge in [-0.15, -0.1) is 0 Å². The Labute approximate surface area is 124 Å². The molecule has 2 aromatic rings. The fourth-order valence-electron chi connectivity index (χ4n) is 2.79. The zero-order valence-corrected chi connectivity index (χ0v) is 12.7. The Bertz CT molecular complexity index is 652. The first-order valence-electron chi connectivity index (χ1n) is 7.40. The fraction of sp³-hybridized carbons (Fsp3) is 0.533. The third-order valence-electron chi connectivity index (χ3n) is 3.89. The lowest BCUT2D eigenvalue weighted by atomic mass is 10.1. The number of nitrogens with zero attached hydrogens (tertiary/aromatic N) is 5. The van der Waals surface area contributed by atoms with Crippen LogP contribution in [0, 0.1) is 13.8 Å². The summed E-state index contributed by atoms with van der Waals surface area (Å²) in [6, 6.07) is 2.06. The summed E-state index contributed by atoms with van der Waals surface area (Å²) < 4.78 is 1.97. The number of aromatic nitrogens is 4. The van der Waals surface area contributed by atoms with E-state index in [1.807, 2.05) is 29.6 Å². The molecule has 1 fully saturated rings. The quantitative estimate of drug-likeness (QED) is 0.927. The number of aliphatic hydroxyl groups is 1. The second-order valence-electron chi connectivity index (χ2n) is 5.54. The van der Waals surface area contributed by atoms with Crippen molar-refractivity contribution in [2.75, 3.05) is 18.0 Å². The van der Waals surface area contributed by atoms with Crippen LogP contribution in [-0.2, 0) is 6.54 Å². The number of rotatable bonds is 3. The van der Waals surface area contributed by atoms with Gasteiger partial charge in [-0.3, -0.25) is 4.68 Å². The van der Waals surface area contributed by atoms with E-state index in [2.05, 4.69) is 28.1 Å². The highest BCUT2D eigenvalue weighted by molar-refractivity contribution is 5.62. The second-order valence-corrected chi connectivity index (χ2v) is 5.54. The monoisotopic (exact) mass is 287 g/mol. The molecule has 21 heavy (non-hydrogen) atoms. The lowest BCUT2D eigenvalue weighted by molar-refractivity contribution is 0.198. The molecule has 0 aliphatic carbocycles. The molecule has 3 rings (SSSR count). The molecule has 6 nitrogen and oxygen atoms in total. The van der Waals surface area contributed by atoms with Crippen molar-refractivity contribution in [2.45, 2.75) is 39.8 Å². The Morgan fingerprint density at radius 2 is 2.19 bits per heavy atom. The number of hydrogen-bond acceptors (Lipinski definition) is 5. The molecule has 112 valence electrons. The van der Waals surface area contributed by atoms with Gasteiger partial charge in [0.25, 0.3) is 0 Å². The molecule has 0 saturated carbocycles. The van der Waals surface area contributed by atoms with Gasteiger partial charge < -0.3 is 10.0 Å². The molecule has 0 amide bonds. The van der Waals surface area contributed by atoms with Gasteiger partial charge in [-0.2, -0.15) is 5.10 Å². The summed E-state index contributed by atoms with van der Waals surface area (Å²) in [6.07, 6.45) is 2.38. The molecule has 0 radical (unpaired) electrons. The number of hydrogen-bond donors (Lipinski definition) is 1. The first-order valence-corrected chi connectivity index (χ1v) is 7.40. The predicted molar refractivity (Wildman–Crippen MR) is 81.2 cm³/mol. The minimum absolute atomic E-state index is 0.266. The topological polar surface area (TPSA) is 67.1 Å². The van der Waals surface area contributed by atoms with Gasteiger partial charge in [0.1, 0.15) is 0 Å². The average molecular weight is 287 g/mol. The molecule has 3 heterocycles. The third kappa shape index (κ3) is 2.63. The number of anilines is 1. The molecular formula is C15H21N5O. The Morgan fingerprint density at radius 1 is 1.38 bits per heavy atom. The van der Waals surface area contributed by atoms with Crippen LogP contribution in [0.1, 0.15) is 24.7 Å². The maximum absolute atomic E-state index is 9.63. The number of β-amino-alcohol motifs (C(OH)–C–C–N with tert-alkyl or cyclic N) is 1. The average Bonchev–Trinajstić information content (AvgIpc) is 3.04. The van der Waals surface area contributed by atoms with Gasteiger partial charge in [-0.1, -0.05) is 0 Å². The predicted octanol–water partition coefficient (Wildman–Crippen LogP) is 1.55. The van der Waals surface area contributed by atoms with Crippen LogP contribution in [0.2, 0.25) is 0 Å². The summed E-state index contributed by atoms with van der Waals surface area (Å²) in [4.78, 5) is 11.1. The minimum Gasteiger partial charge on any atom is -0.391 e.